The molecule has 1 aliphatic carbocycles. The first-order valence-corrected chi connectivity index (χ1v) is 7.10. The average molecular weight is 284 g/mol. The lowest BCUT2D eigenvalue weighted by atomic mass is 9.97. The minimum absolute atomic E-state index is 0.135. The van der Waals surface area contributed by atoms with Crippen molar-refractivity contribution in [1.29, 1.82) is 0 Å². The smallest absolute Gasteiger partial charge is 0.167 e. The molecule has 2 nitrogen and oxygen atoms in total. The fourth-order valence-electron chi connectivity index (χ4n) is 3.02. The van der Waals surface area contributed by atoms with Crippen molar-refractivity contribution in [1.82, 2.24) is 0 Å². The van der Waals surface area contributed by atoms with Crippen LogP contribution >= 0.6 is 0 Å². The second kappa shape index (κ2) is 5.32. The van der Waals surface area contributed by atoms with Gasteiger partial charge >= 0.3 is 0 Å². The molecule has 0 aromatic heterocycles. The molecule has 21 heavy (non-hydrogen) atoms. The maximum atomic E-state index is 13.2. The maximum Gasteiger partial charge on any atom is 0.167 e. The Bertz CT molecular complexity index is 706. The van der Waals surface area contributed by atoms with Gasteiger partial charge in [-0.15, -0.1) is 0 Å². The van der Waals surface area contributed by atoms with Crippen molar-refractivity contribution >= 4 is 5.78 Å². The number of Topliss-reactive ketones (excluding diaryl/α,β-unsaturated/α-hetero) is 1. The number of hydrogen-bond donors (Lipinski definition) is 0. The molecule has 0 saturated carbocycles. The van der Waals surface area contributed by atoms with Gasteiger partial charge in [-0.25, -0.2) is 4.39 Å². The molecule has 3 rings (SSSR count). The second-order valence-electron chi connectivity index (χ2n) is 5.62. The predicted octanol–water partition coefficient (Wildman–Crippen LogP) is 4.40. The van der Waals surface area contributed by atoms with Gasteiger partial charge < -0.3 is 4.74 Å². The number of halogens is 1. The van der Waals surface area contributed by atoms with Gasteiger partial charge in [0, 0.05) is 6.42 Å². The van der Waals surface area contributed by atoms with Crippen molar-refractivity contribution in [2.24, 2.45) is 0 Å². The Morgan fingerprint density at radius 1 is 1.29 bits per heavy atom. The van der Waals surface area contributed by atoms with Crippen LogP contribution in [0.3, 0.4) is 0 Å². The summed E-state index contributed by atoms with van der Waals surface area (Å²) in [6, 6.07) is 10.1. The van der Waals surface area contributed by atoms with E-state index >= 15 is 0 Å². The van der Waals surface area contributed by atoms with Crippen molar-refractivity contribution in [3.8, 4) is 5.75 Å². The molecule has 0 N–H and O–H groups in total. The Labute approximate surface area is 123 Å². The van der Waals surface area contributed by atoms with E-state index in [1.165, 1.54) is 12.1 Å². The van der Waals surface area contributed by atoms with Crippen LogP contribution in [0.5, 0.6) is 5.75 Å². The van der Waals surface area contributed by atoms with Crippen LogP contribution in [0.15, 0.2) is 36.4 Å². The van der Waals surface area contributed by atoms with Crippen molar-refractivity contribution in [3.05, 3.63) is 64.5 Å². The first kappa shape index (κ1) is 13.8. The van der Waals surface area contributed by atoms with E-state index < -0.39 is 0 Å². The fourth-order valence-corrected chi connectivity index (χ4v) is 3.02. The van der Waals surface area contributed by atoms with Crippen molar-refractivity contribution in [2.45, 2.75) is 32.8 Å². The van der Waals surface area contributed by atoms with Gasteiger partial charge in [0.25, 0.3) is 0 Å². The first-order chi connectivity index (χ1) is 10.1. The summed E-state index contributed by atoms with van der Waals surface area (Å²) in [5.74, 6) is 0.699. The number of carbonyl (C=O) groups is 1. The molecule has 2 aromatic rings. The molecule has 0 fully saturated rings. The largest absolute Gasteiger partial charge is 0.488 e. The van der Waals surface area contributed by atoms with Gasteiger partial charge in [-0.3, -0.25) is 4.79 Å². The second-order valence-corrected chi connectivity index (χ2v) is 5.62. The number of carbonyl (C=O) groups excluding carboxylic acids is 1. The molecule has 108 valence electrons. The Kier molecular flexibility index (Phi) is 3.50. The third-order valence-corrected chi connectivity index (χ3v) is 3.97. The van der Waals surface area contributed by atoms with E-state index in [9.17, 15) is 9.18 Å². The lowest BCUT2D eigenvalue weighted by molar-refractivity contribution is 0.0986. The Morgan fingerprint density at radius 2 is 2.10 bits per heavy atom. The van der Waals surface area contributed by atoms with E-state index in [-0.39, 0.29) is 24.1 Å². The summed E-state index contributed by atoms with van der Waals surface area (Å²) in [7, 11) is 0. The molecule has 0 amide bonds. The van der Waals surface area contributed by atoms with E-state index in [1.807, 2.05) is 25.1 Å². The first-order valence-electron chi connectivity index (χ1n) is 7.10. The van der Waals surface area contributed by atoms with Crippen LogP contribution in [0.25, 0.3) is 0 Å². The monoisotopic (exact) mass is 284 g/mol. The maximum absolute atomic E-state index is 13.2. The molecule has 0 saturated heterocycles. The SMILES string of the molecule is Cc1ccc(OCc2cccc(F)c2)c2c1[C@@H](C)CC2=O. The molecule has 0 heterocycles. The van der Waals surface area contributed by atoms with Crippen LogP contribution in [0.1, 0.15) is 46.3 Å². The van der Waals surface area contributed by atoms with E-state index in [2.05, 4.69) is 6.92 Å². The van der Waals surface area contributed by atoms with E-state index in [4.69, 9.17) is 4.74 Å². The van der Waals surface area contributed by atoms with Crippen LogP contribution < -0.4 is 4.74 Å². The minimum Gasteiger partial charge on any atom is -0.488 e. The molecular weight excluding hydrogens is 267 g/mol. The van der Waals surface area contributed by atoms with Crippen LogP contribution in [0, 0.1) is 12.7 Å². The predicted molar refractivity (Wildman–Crippen MR) is 79.3 cm³/mol. The van der Waals surface area contributed by atoms with E-state index in [0.29, 0.717) is 17.7 Å². The number of hydrogen-bond acceptors (Lipinski definition) is 2. The van der Waals surface area contributed by atoms with Gasteiger partial charge in [0.1, 0.15) is 18.2 Å². The summed E-state index contributed by atoms with van der Waals surface area (Å²) < 4.78 is 18.9. The molecule has 0 unspecified atom stereocenters. The minimum atomic E-state index is -0.282. The average Bonchev–Trinajstić information content (AvgIpc) is 2.75. The zero-order valence-electron chi connectivity index (χ0n) is 12.2. The summed E-state index contributed by atoms with van der Waals surface area (Å²) in [6.45, 7) is 4.34. The van der Waals surface area contributed by atoms with Gasteiger partial charge in [0.05, 0.1) is 5.56 Å². The quantitative estimate of drug-likeness (QED) is 0.835. The zero-order chi connectivity index (χ0) is 15.0. The normalized spacial score (nSPS) is 16.9. The number of aryl methyl sites for hydroxylation is 1. The number of fused-ring (bicyclic) bond motifs is 1. The van der Waals surface area contributed by atoms with Crippen LogP contribution in [0.4, 0.5) is 4.39 Å². The Morgan fingerprint density at radius 3 is 2.86 bits per heavy atom. The van der Waals surface area contributed by atoms with Gasteiger partial charge in [-0.1, -0.05) is 25.1 Å². The Balaban J connectivity index is 1.89. The van der Waals surface area contributed by atoms with Crippen LogP contribution in [-0.2, 0) is 6.61 Å². The molecule has 1 aliphatic rings. The van der Waals surface area contributed by atoms with Crippen LogP contribution in [0.2, 0.25) is 0 Å². The number of benzene rings is 2. The van der Waals surface area contributed by atoms with Gasteiger partial charge in [0.15, 0.2) is 5.78 Å². The molecule has 2 aromatic carbocycles. The lowest BCUT2D eigenvalue weighted by Gasteiger charge is -2.13. The van der Waals surface area contributed by atoms with Crippen molar-refractivity contribution < 1.29 is 13.9 Å². The highest BCUT2D eigenvalue weighted by molar-refractivity contribution is 6.04. The van der Waals surface area contributed by atoms with Gasteiger partial charge in [-0.2, -0.15) is 0 Å². The number of rotatable bonds is 3. The number of ether oxygens (including phenoxy) is 1. The van der Waals surface area contributed by atoms with E-state index in [1.54, 1.807) is 6.07 Å². The summed E-state index contributed by atoms with van der Waals surface area (Å²) in [5, 5.41) is 0. The Hall–Kier alpha value is -2.16. The highest BCUT2D eigenvalue weighted by Gasteiger charge is 2.30. The summed E-state index contributed by atoms with van der Waals surface area (Å²) in [6.07, 6.45) is 0.538. The van der Waals surface area contributed by atoms with Crippen molar-refractivity contribution in [2.75, 3.05) is 0 Å². The fraction of sp³-hybridized carbons (Fsp3) is 0.278. The third-order valence-electron chi connectivity index (χ3n) is 3.97. The van der Waals surface area contributed by atoms with E-state index in [0.717, 1.165) is 16.7 Å². The highest BCUT2D eigenvalue weighted by Crippen LogP contribution is 2.40. The zero-order valence-corrected chi connectivity index (χ0v) is 12.2. The summed E-state index contributed by atoms with van der Waals surface area (Å²) >= 11 is 0. The van der Waals surface area contributed by atoms with Gasteiger partial charge in [0.2, 0.25) is 0 Å². The third kappa shape index (κ3) is 2.56. The molecule has 3 heteroatoms. The lowest BCUT2D eigenvalue weighted by Crippen LogP contribution is -2.02. The molecule has 0 bridgehead atoms. The van der Waals surface area contributed by atoms with Gasteiger partial charge in [-0.05, 0) is 47.7 Å². The molecule has 0 radical (unpaired) electrons. The molecule has 0 aliphatic heterocycles. The number of ketones is 1. The molecule has 0 spiro atoms. The van der Waals surface area contributed by atoms with Crippen molar-refractivity contribution in [3.63, 3.8) is 0 Å². The molecule has 1 atom stereocenters. The van der Waals surface area contributed by atoms with Crippen LogP contribution in [-0.4, -0.2) is 5.78 Å². The topological polar surface area (TPSA) is 26.3 Å². The standard InChI is InChI=1S/C18H17FO2/c1-11-6-7-16(18-15(20)8-12(2)17(11)18)21-10-13-4-3-5-14(19)9-13/h3-7,9,12H,8,10H2,1-2H3/t12-/m0/s1. The summed E-state index contributed by atoms with van der Waals surface area (Å²) in [4.78, 5) is 12.2. The highest BCUT2D eigenvalue weighted by atomic mass is 19.1. The summed E-state index contributed by atoms with van der Waals surface area (Å²) in [5.41, 5.74) is 3.68. The molecular formula is C18H17FO2.